The summed E-state index contributed by atoms with van der Waals surface area (Å²) in [4.78, 5) is 0. The van der Waals surface area contributed by atoms with Gasteiger partial charge in [-0.1, -0.05) is 0 Å². The normalized spacial score (nSPS) is 9.62. The van der Waals surface area contributed by atoms with E-state index in [4.69, 9.17) is 0 Å². The van der Waals surface area contributed by atoms with Gasteiger partial charge in [0.15, 0.2) is 0 Å². The minimum Gasteiger partial charge on any atom is -0.236 e. The molecule has 8 heavy (non-hydrogen) atoms. The van der Waals surface area contributed by atoms with E-state index in [9.17, 15) is 5.11 Å². The third kappa shape index (κ3) is 1.32. The van der Waals surface area contributed by atoms with Crippen molar-refractivity contribution >= 4 is 11.3 Å². The molecule has 0 aliphatic rings. The zero-order chi connectivity index (χ0) is 5.82. The van der Waals surface area contributed by atoms with Crippen LogP contribution in [0.1, 0.15) is 5.56 Å². The molecule has 0 aromatic carbocycles. The van der Waals surface area contributed by atoms with Crippen LogP contribution in [0.4, 0.5) is 0 Å². The van der Waals surface area contributed by atoms with Crippen molar-refractivity contribution in [3.63, 3.8) is 0 Å². The Kier molecular flexibility index (Phi) is 2.06. The summed E-state index contributed by atoms with van der Waals surface area (Å²) in [6, 6.07) is 1.99. The second-order valence-corrected chi connectivity index (χ2v) is 2.37. The minimum absolute atomic E-state index is 0.0106. The monoisotopic (exact) mass is 127 g/mol. The van der Waals surface area contributed by atoms with Crippen LogP contribution in [0.25, 0.3) is 0 Å². The standard InChI is InChI=1S/C6H7OS/c7-3-1-6-2-4-8-5-6/h2,4-5H,1,3H2. The molecule has 1 nitrogen and oxygen atoms in total. The fraction of sp³-hybridized carbons (Fsp3) is 0.333. The molecule has 0 unspecified atom stereocenters. The first kappa shape index (κ1) is 5.79. The van der Waals surface area contributed by atoms with Gasteiger partial charge < -0.3 is 0 Å². The van der Waals surface area contributed by atoms with Gasteiger partial charge in [-0.2, -0.15) is 11.3 Å². The zero-order valence-electron chi connectivity index (χ0n) is 4.46. The summed E-state index contributed by atoms with van der Waals surface area (Å²) < 4.78 is 0. The lowest BCUT2D eigenvalue weighted by Gasteiger charge is -1.83. The molecule has 0 amide bonds. The Bertz CT molecular complexity index is 134. The first-order valence-corrected chi connectivity index (χ1v) is 3.47. The van der Waals surface area contributed by atoms with Crippen molar-refractivity contribution in [3.05, 3.63) is 22.4 Å². The summed E-state index contributed by atoms with van der Waals surface area (Å²) in [7, 11) is 0. The summed E-state index contributed by atoms with van der Waals surface area (Å²) in [6.45, 7) is 0.0106. The van der Waals surface area contributed by atoms with Gasteiger partial charge in [-0.05, 0) is 28.8 Å². The van der Waals surface area contributed by atoms with Crippen molar-refractivity contribution in [1.29, 1.82) is 0 Å². The van der Waals surface area contributed by atoms with E-state index in [1.165, 1.54) is 5.56 Å². The maximum Gasteiger partial charge on any atom is 0.0862 e. The van der Waals surface area contributed by atoms with Crippen LogP contribution in [0.2, 0.25) is 0 Å². The van der Waals surface area contributed by atoms with Gasteiger partial charge in [-0.15, -0.1) is 0 Å². The molecule has 0 bridgehead atoms. The van der Waals surface area contributed by atoms with Crippen LogP contribution in [0.3, 0.4) is 0 Å². The third-order valence-electron chi connectivity index (χ3n) is 0.971. The number of rotatable bonds is 2. The van der Waals surface area contributed by atoms with Crippen molar-refractivity contribution in [2.45, 2.75) is 6.42 Å². The predicted octanol–water partition coefficient (Wildman–Crippen LogP) is 1.72. The Balaban J connectivity index is 2.50. The number of hydrogen-bond donors (Lipinski definition) is 0. The van der Waals surface area contributed by atoms with Crippen LogP contribution in [0.15, 0.2) is 16.8 Å². The van der Waals surface area contributed by atoms with Crippen LogP contribution < -0.4 is 0 Å². The van der Waals surface area contributed by atoms with Gasteiger partial charge in [-0.3, -0.25) is 0 Å². The first-order chi connectivity index (χ1) is 3.93. The topological polar surface area (TPSA) is 19.9 Å². The second-order valence-electron chi connectivity index (χ2n) is 1.59. The molecule has 2 heteroatoms. The van der Waals surface area contributed by atoms with Gasteiger partial charge in [0.2, 0.25) is 0 Å². The Morgan fingerprint density at radius 2 is 2.50 bits per heavy atom. The molecule has 0 fully saturated rings. The van der Waals surface area contributed by atoms with Crippen LogP contribution in [-0.2, 0) is 11.5 Å². The van der Waals surface area contributed by atoms with Crippen LogP contribution >= 0.6 is 11.3 Å². The molecule has 0 N–H and O–H groups in total. The van der Waals surface area contributed by atoms with E-state index in [1.54, 1.807) is 11.3 Å². The number of thiophene rings is 1. The first-order valence-electron chi connectivity index (χ1n) is 2.52. The van der Waals surface area contributed by atoms with Crippen molar-refractivity contribution in [3.8, 4) is 0 Å². The smallest absolute Gasteiger partial charge is 0.0862 e. The summed E-state index contributed by atoms with van der Waals surface area (Å²) in [5.74, 6) is 0. The molecule has 1 heterocycles. The van der Waals surface area contributed by atoms with Crippen LogP contribution in [0, 0.1) is 0 Å². The van der Waals surface area contributed by atoms with Gasteiger partial charge in [0.1, 0.15) is 0 Å². The van der Waals surface area contributed by atoms with E-state index in [0.29, 0.717) is 6.42 Å². The summed E-state index contributed by atoms with van der Waals surface area (Å²) in [6.07, 6.45) is 0.684. The Morgan fingerprint density at radius 1 is 1.62 bits per heavy atom. The van der Waals surface area contributed by atoms with Crippen molar-refractivity contribution < 1.29 is 5.11 Å². The summed E-state index contributed by atoms with van der Waals surface area (Å²) in [5, 5.41) is 14.0. The highest BCUT2D eigenvalue weighted by Crippen LogP contribution is 2.05. The van der Waals surface area contributed by atoms with E-state index >= 15 is 0 Å². The highest BCUT2D eigenvalue weighted by molar-refractivity contribution is 7.07. The maximum atomic E-state index is 10.0. The lowest BCUT2D eigenvalue weighted by atomic mass is 10.3. The molecule has 1 radical (unpaired) electrons. The number of hydrogen-bond acceptors (Lipinski definition) is 1. The van der Waals surface area contributed by atoms with E-state index in [1.807, 2.05) is 16.8 Å². The molecule has 1 rings (SSSR count). The molecule has 0 atom stereocenters. The van der Waals surface area contributed by atoms with Gasteiger partial charge >= 0.3 is 0 Å². The fourth-order valence-corrected chi connectivity index (χ4v) is 1.26. The van der Waals surface area contributed by atoms with Crippen LogP contribution in [-0.4, -0.2) is 6.61 Å². The predicted molar refractivity (Wildman–Crippen MR) is 33.6 cm³/mol. The second kappa shape index (κ2) is 2.84. The fourth-order valence-electron chi connectivity index (χ4n) is 0.553. The molecular formula is C6H7OS. The van der Waals surface area contributed by atoms with E-state index in [2.05, 4.69) is 0 Å². The maximum absolute atomic E-state index is 10.0. The summed E-state index contributed by atoms with van der Waals surface area (Å²) >= 11 is 1.64. The molecule has 43 valence electrons. The quantitative estimate of drug-likeness (QED) is 0.576. The Hall–Kier alpha value is -0.340. The minimum atomic E-state index is 0.0106. The zero-order valence-corrected chi connectivity index (χ0v) is 5.28. The average molecular weight is 127 g/mol. The molecule has 1 aromatic heterocycles. The van der Waals surface area contributed by atoms with Gasteiger partial charge in [0, 0.05) is 0 Å². The average Bonchev–Trinajstić information content (AvgIpc) is 2.19. The SMILES string of the molecule is [O]CCc1ccsc1. The summed E-state index contributed by atoms with van der Waals surface area (Å²) in [5.41, 5.74) is 1.17. The molecule has 0 aliphatic heterocycles. The van der Waals surface area contributed by atoms with Gasteiger partial charge in [0.25, 0.3) is 0 Å². The molecule has 0 aliphatic carbocycles. The molecule has 0 saturated heterocycles. The van der Waals surface area contributed by atoms with E-state index < -0.39 is 0 Å². The third-order valence-corrected chi connectivity index (χ3v) is 1.70. The van der Waals surface area contributed by atoms with Gasteiger partial charge in [0.05, 0.1) is 6.61 Å². The highest BCUT2D eigenvalue weighted by Gasteiger charge is 1.88. The van der Waals surface area contributed by atoms with Gasteiger partial charge in [-0.25, -0.2) is 5.11 Å². The Morgan fingerprint density at radius 3 is 3.00 bits per heavy atom. The Labute approximate surface area is 52.6 Å². The lowest BCUT2D eigenvalue weighted by molar-refractivity contribution is 0.197. The van der Waals surface area contributed by atoms with Crippen molar-refractivity contribution in [1.82, 2.24) is 0 Å². The van der Waals surface area contributed by atoms with Crippen LogP contribution in [0.5, 0.6) is 0 Å². The molecule has 0 saturated carbocycles. The highest BCUT2D eigenvalue weighted by atomic mass is 32.1. The van der Waals surface area contributed by atoms with Crippen molar-refractivity contribution in [2.24, 2.45) is 0 Å². The van der Waals surface area contributed by atoms with E-state index in [-0.39, 0.29) is 6.61 Å². The van der Waals surface area contributed by atoms with Crippen molar-refractivity contribution in [2.75, 3.05) is 6.61 Å². The van der Waals surface area contributed by atoms with E-state index in [0.717, 1.165) is 0 Å². The molecular weight excluding hydrogens is 120 g/mol. The molecule has 0 spiro atoms. The lowest BCUT2D eigenvalue weighted by Crippen LogP contribution is -1.83. The molecule has 1 aromatic rings. The largest absolute Gasteiger partial charge is 0.236 e.